The molecule has 0 saturated carbocycles. The molecule has 1 aliphatic heterocycles. The number of hydrogen-bond donors (Lipinski definition) is 2. The maximum absolute atomic E-state index is 13.3. The summed E-state index contributed by atoms with van der Waals surface area (Å²) in [7, 11) is 3.71. The van der Waals surface area contributed by atoms with Crippen LogP contribution in [0.1, 0.15) is 11.4 Å². The number of nitrogens with one attached hydrogen (secondary N) is 2. The number of rotatable bonds is 6. The van der Waals surface area contributed by atoms with Crippen LogP contribution in [0.25, 0.3) is 16.0 Å². The zero-order valence-electron chi connectivity index (χ0n) is 17.4. The number of anilines is 1. The molecule has 0 radical (unpaired) electrons. The van der Waals surface area contributed by atoms with Gasteiger partial charge < -0.3 is 19.9 Å². The van der Waals surface area contributed by atoms with Crippen LogP contribution in [-0.2, 0) is 11.2 Å². The number of likely N-dealkylation sites (N-methyl/N-ethyl adjacent to an activating group) is 1. The molecule has 4 aromatic rings. The third-order valence-corrected chi connectivity index (χ3v) is 6.68. The molecule has 0 spiro atoms. The molecule has 5 rings (SSSR count). The Morgan fingerprint density at radius 2 is 2.19 bits per heavy atom. The van der Waals surface area contributed by atoms with E-state index in [-0.39, 0.29) is 17.6 Å². The molecule has 8 nitrogen and oxygen atoms in total. The number of pyridine rings is 1. The van der Waals surface area contributed by atoms with Crippen molar-refractivity contribution >= 4 is 27.9 Å². The van der Waals surface area contributed by atoms with Gasteiger partial charge in [-0.05, 0) is 25.2 Å². The molecular weight excluding hydrogens is 412 g/mol. The van der Waals surface area contributed by atoms with Crippen molar-refractivity contribution in [1.82, 2.24) is 24.8 Å². The molecule has 1 aliphatic rings. The molecule has 3 aromatic heterocycles. The molecule has 0 bridgehead atoms. The van der Waals surface area contributed by atoms with E-state index in [1.165, 1.54) is 0 Å². The SMILES string of the molecule is CN[C@H]1CN(c2ccc3c(=O)c(Cc4ncc[nH]4)cn(-c4nccs4)c3c2)C[C@@H]1OC. The molecule has 2 atom stereocenters. The highest BCUT2D eigenvalue weighted by atomic mass is 32.1. The van der Waals surface area contributed by atoms with E-state index in [4.69, 9.17) is 4.74 Å². The van der Waals surface area contributed by atoms with Crippen LogP contribution in [-0.4, -0.2) is 58.9 Å². The monoisotopic (exact) mass is 436 g/mol. The Bertz CT molecular complexity index is 1220. The number of aromatic amines is 1. The number of thiazole rings is 1. The van der Waals surface area contributed by atoms with Gasteiger partial charge in [-0.1, -0.05) is 0 Å². The Hall–Kier alpha value is -3.01. The van der Waals surface area contributed by atoms with Crippen LogP contribution in [0.2, 0.25) is 0 Å². The average Bonchev–Trinajstić information content (AvgIpc) is 3.56. The summed E-state index contributed by atoms with van der Waals surface area (Å²) in [4.78, 5) is 27.4. The summed E-state index contributed by atoms with van der Waals surface area (Å²) in [5, 5.41) is 6.78. The van der Waals surface area contributed by atoms with Crippen LogP contribution in [0.3, 0.4) is 0 Å². The molecule has 1 fully saturated rings. The van der Waals surface area contributed by atoms with Crippen molar-refractivity contribution in [2.24, 2.45) is 0 Å². The number of nitrogens with zero attached hydrogens (tertiary/aromatic N) is 4. The molecule has 0 unspecified atom stereocenters. The van der Waals surface area contributed by atoms with Gasteiger partial charge in [-0.15, -0.1) is 11.3 Å². The van der Waals surface area contributed by atoms with Crippen LogP contribution in [0.4, 0.5) is 5.69 Å². The molecule has 31 heavy (non-hydrogen) atoms. The lowest BCUT2D eigenvalue weighted by molar-refractivity contribution is 0.0996. The first-order valence-electron chi connectivity index (χ1n) is 10.2. The van der Waals surface area contributed by atoms with Crippen molar-refractivity contribution in [3.8, 4) is 5.13 Å². The number of ether oxygens (including phenoxy) is 1. The predicted molar refractivity (Wildman–Crippen MR) is 122 cm³/mol. The second-order valence-electron chi connectivity index (χ2n) is 7.66. The topological polar surface area (TPSA) is 88.1 Å². The van der Waals surface area contributed by atoms with E-state index >= 15 is 0 Å². The first kappa shape index (κ1) is 19.9. The Balaban J connectivity index is 1.62. The molecule has 4 heterocycles. The van der Waals surface area contributed by atoms with Gasteiger partial charge in [-0.2, -0.15) is 0 Å². The van der Waals surface area contributed by atoms with Gasteiger partial charge in [0.25, 0.3) is 0 Å². The Kier molecular flexibility index (Phi) is 5.31. The molecular formula is C22H24N6O2S. The summed E-state index contributed by atoms with van der Waals surface area (Å²) in [6.45, 7) is 1.64. The lowest BCUT2D eigenvalue weighted by Crippen LogP contribution is -2.37. The summed E-state index contributed by atoms with van der Waals surface area (Å²) in [6, 6.07) is 6.30. The highest BCUT2D eigenvalue weighted by Crippen LogP contribution is 2.27. The summed E-state index contributed by atoms with van der Waals surface area (Å²) in [5.74, 6) is 0.763. The second-order valence-corrected chi connectivity index (χ2v) is 8.53. The molecule has 1 saturated heterocycles. The van der Waals surface area contributed by atoms with Crippen molar-refractivity contribution in [1.29, 1.82) is 0 Å². The number of aromatic nitrogens is 4. The van der Waals surface area contributed by atoms with Crippen molar-refractivity contribution in [3.63, 3.8) is 0 Å². The van der Waals surface area contributed by atoms with Crippen LogP contribution < -0.4 is 15.6 Å². The fraction of sp³-hybridized carbons (Fsp3) is 0.318. The molecule has 160 valence electrons. The molecule has 2 N–H and O–H groups in total. The van der Waals surface area contributed by atoms with Gasteiger partial charge in [0.05, 0.1) is 17.7 Å². The van der Waals surface area contributed by atoms with Gasteiger partial charge in [-0.25, -0.2) is 9.97 Å². The number of imidazole rings is 1. The van der Waals surface area contributed by atoms with Crippen molar-refractivity contribution in [2.75, 3.05) is 32.1 Å². The lowest BCUT2D eigenvalue weighted by Gasteiger charge is -2.20. The van der Waals surface area contributed by atoms with Crippen LogP contribution in [0.15, 0.2) is 53.2 Å². The smallest absolute Gasteiger partial charge is 0.193 e. The van der Waals surface area contributed by atoms with Gasteiger partial charge in [-0.3, -0.25) is 9.36 Å². The Labute approximate surface area is 183 Å². The van der Waals surface area contributed by atoms with Gasteiger partial charge >= 0.3 is 0 Å². The molecule has 9 heteroatoms. The normalized spacial score (nSPS) is 18.8. The minimum atomic E-state index is 0.0232. The predicted octanol–water partition coefficient (Wildman–Crippen LogP) is 2.18. The number of hydrogen-bond acceptors (Lipinski definition) is 7. The van der Waals surface area contributed by atoms with Gasteiger partial charge in [0.2, 0.25) is 0 Å². The maximum Gasteiger partial charge on any atom is 0.193 e. The first-order valence-corrected chi connectivity index (χ1v) is 11.1. The van der Waals surface area contributed by atoms with E-state index in [9.17, 15) is 4.79 Å². The fourth-order valence-electron chi connectivity index (χ4n) is 4.26. The van der Waals surface area contributed by atoms with Crippen molar-refractivity contribution in [2.45, 2.75) is 18.6 Å². The maximum atomic E-state index is 13.3. The fourth-order valence-corrected chi connectivity index (χ4v) is 4.89. The summed E-state index contributed by atoms with van der Waals surface area (Å²) in [6.07, 6.45) is 7.71. The molecule has 0 aliphatic carbocycles. The van der Waals surface area contributed by atoms with E-state index in [0.29, 0.717) is 17.4 Å². The van der Waals surface area contributed by atoms with E-state index in [1.807, 2.05) is 35.3 Å². The van der Waals surface area contributed by atoms with E-state index < -0.39 is 0 Å². The lowest BCUT2D eigenvalue weighted by atomic mass is 10.1. The Morgan fingerprint density at radius 3 is 2.87 bits per heavy atom. The van der Waals surface area contributed by atoms with Crippen molar-refractivity contribution < 1.29 is 4.74 Å². The summed E-state index contributed by atoms with van der Waals surface area (Å²) in [5.41, 5.74) is 2.62. The van der Waals surface area contributed by atoms with Crippen LogP contribution in [0, 0.1) is 0 Å². The third kappa shape index (κ3) is 3.65. The Morgan fingerprint density at radius 1 is 1.29 bits per heavy atom. The number of fused-ring (bicyclic) bond motifs is 1. The number of methoxy groups -OCH3 is 1. The highest BCUT2D eigenvalue weighted by molar-refractivity contribution is 7.12. The minimum Gasteiger partial charge on any atom is -0.378 e. The number of H-pyrrole nitrogens is 1. The number of benzene rings is 1. The quantitative estimate of drug-likeness (QED) is 0.482. The zero-order valence-corrected chi connectivity index (χ0v) is 18.2. The minimum absolute atomic E-state index is 0.0232. The standard InChI is InChI=1S/C22H24N6O2S/c1-23-17-12-27(13-19(17)30-2)15-3-4-16-18(10-15)28(22-26-7-8-31-22)11-14(21(16)29)9-20-24-5-6-25-20/h3-8,10-11,17,19,23H,9,12-13H2,1-2H3,(H,24,25)/t17-,19-/m0/s1. The molecule has 0 amide bonds. The van der Waals surface area contributed by atoms with E-state index in [0.717, 1.165) is 35.2 Å². The second kappa shape index (κ2) is 8.26. The van der Waals surface area contributed by atoms with E-state index in [2.05, 4.69) is 31.2 Å². The van der Waals surface area contributed by atoms with Gasteiger partial charge in [0.1, 0.15) is 5.82 Å². The van der Waals surface area contributed by atoms with Crippen LogP contribution >= 0.6 is 11.3 Å². The highest BCUT2D eigenvalue weighted by Gasteiger charge is 2.32. The first-order chi connectivity index (χ1) is 15.2. The summed E-state index contributed by atoms with van der Waals surface area (Å²) >= 11 is 1.54. The van der Waals surface area contributed by atoms with E-state index in [1.54, 1.807) is 37.0 Å². The zero-order chi connectivity index (χ0) is 21.4. The van der Waals surface area contributed by atoms with Crippen LogP contribution in [0.5, 0.6) is 0 Å². The molecule has 1 aromatic carbocycles. The van der Waals surface area contributed by atoms with Crippen molar-refractivity contribution in [3.05, 3.63) is 70.0 Å². The van der Waals surface area contributed by atoms with Gasteiger partial charge in [0, 0.05) is 73.4 Å². The average molecular weight is 437 g/mol. The third-order valence-electron chi connectivity index (χ3n) is 5.91. The largest absolute Gasteiger partial charge is 0.378 e. The summed E-state index contributed by atoms with van der Waals surface area (Å²) < 4.78 is 7.66. The van der Waals surface area contributed by atoms with Gasteiger partial charge in [0.15, 0.2) is 10.6 Å².